The van der Waals surface area contributed by atoms with Crippen LogP contribution >= 0.6 is 39.9 Å². The van der Waals surface area contributed by atoms with Crippen LogP contribution in [0.1, 0.15) is 17.5 Å². The van der Waals surface area contributed by atoms with Crippen molar-refractivity contribution in [3.05, 3.63) is 64.1 Å². The summed E-state index contributed by atoms with van der Waals surface area (Å²) in [5, 5.41) is 7.03. The number of anilines is 1. The molecule has 0 aliphatic carbocycles. The first-order valence-electron chi connectivity index (χ1n) is 9.74. The van der Waals surface area contributed by atoms with Gasteiger partial charge in [-0.05, 0) is 55.9 Å². The minimum absolute atomic E-state index is 0. The summed E-state index contributed by atoms with van der Waals surface area (Å²) in [6.07, 6.45) is 1.11. The molecule has 158 valence electrons. The molecule has 3 rings (SSSR count). The highest BCUT2D eigenvalue weighted by Crippen LogP contribution is 2.22. The molecule has 0 amide bonds. The zero-order valence-corrected chi connectivity index (χ0v) is 21.3. The van der Waals surface area contributed by atoms with E-state index >= 15 is 0 Å². The molecule has 1 fully saturated rings. The number of aliphatic imine (C=N–C) groups is 1. The van der Waals surface area contributed by atoms with Gasteiger partial charge in [0.15, 0.2) is 5.96 Å². The number of nitrogens with one attached hydrogen (secondary N) is 2. The molecule has 2 aromatic carbocycles. The summed E-state index contributed by atoms with van der Waals surface area (Å²) >= 11 is 3.50. The molecule has 2 N–H and O–H groups in total. The van der Waals surface area contributed by atoms with Crippen molar-refractivity contribution in [2.75, 3.05) is 39.1 Å². The quantitative estimate of drug-likeness (QED) is 0.312. The molecule has 7 heteroatoms. The lowest BCUT2D eigenvalue weighted by Gasteiger charge is -2.20. The van der Waals surface area contributed by atoms with Crippen LogP contribution in [0, 0.1) is 0 Å². The van der Waals surface area contributed by atoms with E-state index < -0.39 is 0 Å². The fourth-order valence-electron chi connectivity index (χ4n) is 3.54. The average molecular weight is 572 g/mol. The second kappa shape index (κ2) is 11.8. The smallest absolute Gasteiger partial charge is 0.191 e. The first kappa shape index (κ1) is 24.0. The summed E-state index contributed by atoms with van der Waals surface area (Å²) in [6.45, 7) is 3.77. The van der Waals surface area contributed by atoms with Crippen molar-refractivity contribution in [3.63, 3.8) is 0 Å². The number of benzene rings is 2. The van der Waals surface area contributed by atoms with Gasteiger partial charge in [0.05, 0.1) is 0 Å². The third-order valence-corrected chi connectivity index (χ3v) is 5.42. The molecule has 2 aromatic rings. The van der Waals surface area contributed by atoms with Gasteiger partial charge in [-0.3, -0.25) is 4.99 Å². The van der Waals surface area contributed by atoms with E-state index in [9.17, 15) is 0 Å². The largest absolute Gasteiger partial charge is 0.369 e. The van der Waals surface area contributed by atoms with E-state index in [2.05, 4.69) is 104 Å². The maximum Gasteiger partial charge on any atom is 0.191 e. The number of hydrogen-bond acceptors (Lipinski definition) is 3. The van der Waals surface area contributed by atoms with E-state index in [1.165, 1.54) is 16.8 Å². The summed E-state index contributed by atoms with van der Waals surface area (Å²) < 4.78 is 1.12. The highest BCUT2D eigenvalue weighted by atomic mass is 127. The van der Waals surface area contributed by atoms with Gasteiger partial charge in [0.25, 0.3) is 0 Å². The van der Waals surface area contributed by atoms with Crippen molar-refractivity contribution < 1.29 is 0 Å². The first-order chi connectivity index (χ1) is 13.5. The van der Waals surface area contributed by atoms with Crippen LogP contribution in [0.15, 0.2) is 58.0 Å². The monoisotopic (exact) mass is 571 g/mol. The maximum atomic E-state index is 4.41. The van der Waals surface area contributed by atoms with Gasteiger partial charge in [-0.2, -0.15) is 0 Å². The number of halogens is 2. The summed E-state index contributed by atoms with van der Waals surface area (Å²) in [5.74, 6) is 0.862. The lowest BCUT2D eigenvalue weighted by atomic mass is 10.1. The summed E-state index contributed by atoms with van der Waals surface area (Å²) in [5.41, 5.74) is 3.87. The fourth-order valence-corrected chi connectivity index (χ4v) is 3.81. The van der Waals surface area contributed by atoms with Gasteiger partial charge in [0, 0.05) is 49.4 Å². The van der Waals surface area contributed by atoms with Gasteiger partial charge in [0.1, 0.15) is 0 Å². The maximum absolute atomic E-state index is 4.41. The van der Waals surface area contributed by atoms with Crippen LogP contribution in [0.4, 0.5) is 5.69 Å². The second-order valence-electron chi connectivity index (χ2n) is 7.54. The van der Waals surface area contributed by atoms with Gasteiger partial charge in [-0.1, -0.05) is 40.2 Å². The van der Waals surface area contributed by atoms with Crippen molar-refractivity contribution in [1.82, 2.24) is 15.5 Å². The van der Waals surface area contributed by atoms with Crippen LogP contribution in [0.25, 0.3) is 0 Å². The van der Waals surface area contributed by atoms with Crippen molar-refractivity contribution in [2.24, 2.45) is 4.99 Å². The van der Waals surface area contributed by atoms with E-state index in [-0.39, 0.29) is 24.0 Å². The van der Waals surface area contributed by atoms with E-state index in [0.29, 0.717) is 6.04 Å². The Labute approximate surface area is 200 Å². The van der Waals surface area contributed by atoms with E-state index in [1.807, 2.05) is 7.05 Å². The third-order valence-electron chi connectivity index (χ3n) is 4.89. The average Bonchev–Trinajstić information content (AvgIpc) is 3.14. The van der Waals surface area contributed by atoms with Gasteiger partial charge >= 0.3 is 0 Å². The zero-order valence-electron chi connectivity index (χ0n) is 17.4. The molecule has 5 nitrogen and oxygen atoms in total. The highest BCUT2D eigenvalue weighted by Gasteiger charge is 2.23. The van der Waals surface area contributed by atoms with Crippen molar-refractivity contribution >= 4 is 51.6 Å². The SMILES string of the molecule is CN=C(NCc1cccc(CN(C)C)c1)NC1CCN(c2ccc(Br)cc2)C1.I. The molecule has 1 heterocycles. The Bertz CT molecular complexity index is 794. The summed E-state index contributed by atoms with van der Waals surface area (Å²) in [4.78, 5) is 9.01. The minimum Gasteiger partial charge on any atom is -0.369 e. The van der Waals surface area contributed by atoms with Crippen molar-refractivity contribution in [1.29, 1.82) is 0 Å². The number of nitrogens with zero attached hydrogens (tertiary/aromatic N) is 3. The molecule has 1 saturated heterocycles. The fraction of sp³-hybridized carbons (Fsp3) is 0.409. The Morgan fingerprint density at radius 1 is 1.17 bits per heavy atom. The molecule has 0 aromatic heterocycles. The zero-order chi connectivity index (χ0) is 19.9. The normalized spacial score (nSPS) is 16.7. The molecule has 1 aliphatic rings. The standard InChI is InChI=1S/C22H30BrN5.HI/c1-24-22(25-14-17-5-4-6-18(13-17)15-27(2)3)26-20-11-12-28(16-20)21-9-7-19(23)8-10-21;/h4-10,13,20H,11-12,14-16H2,1-3H3,(H2,24,25,26);1H. The van der Waals surface area contributed by atoms with Crippen LogP contribution < -0.4 is 15.5 Å². The molecule has 1 atom stereocenters. The van der Waals surface area contributed by atoms with Gasteiger partial charge in [-0.25, -0.2) is 0 Å². The van der Waals surface area contributed by atoms with Crippen LogP contribution in [0.5, 0.6) is 0 Å². The molecule has 0 saturated carbocycles. The van der Waals surface area contributed by atoms with Crippen LogP contribution in [-0.2, 0) is 13.1 Å². The molecule has 29 heavy (non-hydrogen) atoms. The molecular formula is C22H31BrIN5. The molecule has 0 spiro atoms. The van der Waals surface area contributed by atoms with Crippen molar-refractivity contribution in [3.8, 4) is 0 Å². The van der Waals surface area contributed by atoms with E-state index in [0.717, 1.165) is 43.0 Å². The van der Waals surface area contributed by atoms with E-state index in [4.69, 9.17) is 0 Å². The number of hydrogen-bond donors (Lipinski definition) is 2. The minimum atomic E-state index is 0. The third kappa shape index (κ3) is 7.46. The van der Waals surface area contributed by atoms with Crippen LogP contribution in [0.2, 0.25) is 0 Å². The summed E-state index contributed by atoms with van der Waals surface area (Å²) in [6, 6.07) is 17.6. The van der Waals surface area contributed by atoms with Crippen LogP contribution in [-0.4, -0.2) is 51.1 Å². The topological polar surface area (TPSA) is 42.9 Å². The number of rotatable bonds is 6. The Morgan fingerprint density at radius 2 is 1.90 bits per heavy atom. The Hall–Kier alpha value is -1.32. The van der Waals surface area contributed by atoms with Gasteiger partial charge < -0.3 is 20.4 Å². The summed E-state index contributed by atoms with van der Waals surface area (Å²) in [7, 11) is 6.02. The Morgan fingerprint density at radius 3 is 2.59 bits per heavy atom. The molecular weight excluding hydrogens is 541 g/mol. The number of guanidine groups is 1. The van der Waals surface area contributed by atoms with E-state index in [1.54, 1.807) is 0 Å². The first-order valence-corrected chi connectivity index (χ1v) is 10.5. The van der Waals surface area contributed by atoms with Gasteiger partial charge in [0.2, 0.25) is 0 Å². The Balaban J connectivity index is 0.00000300. The molecule has 1 aliphatic heterocycles. The van der Waals surface area contributed by atoms with Crippen LogP contribution in [0.3, 0.4) is 0 Å². The second-order valence-corrected chi connectivity index (χ2v) is 8.45. The predicted octanol–water partition coefficient (Wildman–Crippen LogP) is 4.07. The van der Waals surface area contributed by atoms with Crippen molar-refractivity contribution in [2.45, 2.75) is 25.6 Å². The Kier molecular flexibility index (Phi) is 9.71. The molecule has 0 radical (unpaired) electrons. The molecule has 1 unspecified atom stereocenters. The lowest BCUT2D eigenvalue weighted by molar-refractivity contribution is 0.402. The highest BCUT2D eigenvalue weighted by molar-refractivity contribution is 14.0. The molecule has 0 bridgehead atoms. The lowest BCUT2D eigenvalue weighted by Crippen LogP contribution is -2.44. The van der Waals surface area contributed by atoms with Gasteiger partial charge in [-0.15, -0.1) is 24.0 Å². The predicted molar refractivity (Wildman–Crippen MR) is 137 cm³/mol.